The highest BCUT2D eigenvalue weighted by molar-refractivity contribution is 5.80. The molecular formula is C18H23N5O. The van der Waals surface area contributed by atoms with Crippen LogP contribution in [0, 0.1) is 12.8 Å². The third kappa shape index (κ3) is 3.29. The molecule has 1 amide bonds. The summed E-state index contributed by atoms with van der Waals surface area (Å²) in [6.45, 7) is 4.65. The number of aryl methyl sites for hydroxylation is 1. The molecule has 2 N–H and O–H groups in total. The van der Waals surface area contributed by atoms with E-state index in [1.165, 1.54) is 11.9 Å². The summed E-state index contributed by atoms with van der Waals surface area (Å²) < 4.78 is 0. The van der Waals surface area contributed by atoms with Crippen molar-refractivity contribution < 1.29 is 4.79 Å². The molecule has 6 heteroatoms. The maximum atomic E-state index is 13.0. The molecule has 2 heterocycles. The van der Waals surface area contributed by atoms with Crippen molar-refractivity contribution in [2.45, 2.75) is 25.9 Å². The average molecular weight is 325 g/mol. The number of hydrogen-bond acceptors (Lipinski definition) is 5. The van der Waals surface area contributed by atoms with Gasteiger partial charge in [0.2, 0.25) is 5.91 Å². The third-order valence-electron chi connectivity index (χ3n) is 4.66. The number of hydrogen-bond donors (Lipinski definition) is 2. The second-order valence-electron chi connectivity index (χ2n) is 6.28. The standard InChI is InChI=1S/C18H23N5O/c1-12-5-4-6-14(9-12)17-15(10-21-22-17)18(24)23(3)13(2)16-7-8-19-11-20-16/h4-9,11,13,15,17,21-22H,10H2,1-3H3. The summed E-state index contributed by atoms with van der Waals surface area (Å²) in [5, 5.41) is 0. The van der Waals surface area contributed by atoms with E-state index in [0.29, 0.717) is 6.54 Å². The van der Waals surface area contributed by atoms with Gasteiger partial charge in [0, 0.05) is 19.8 Å². The lowest BCUT2D eigenvalue weighted by Gasteiger charge is -2.29. The zero-order chi connectivity index (χ0) is 17.1. The second kappa shape index (κ2) is 7.07. The van der Waals surface area contributed by atoms with Crippen LogP contribution in [0.4, 0.5) is 0 Å². The molecule has 3 atom stereocenters. The monoisotopic (exact) mass is 325 g/mol. The van der Waals surface area contributed by atoms with Crippen molar-refractivity contribution in [3.63, 3.8) is 0 Å². The van der Waals surface area contributed by atoms with Gasteiger partial charge in [0.25, 0.3) is 0 Å². The normalized spacial score (nSPS) is 21.5. The van der Waals surface area contributed by atoms with Crippen molar-refractivity contribution in [3.05, 3.63) is 59.7 Å². The van der Waals surface area contributed by atoms with Crippen LogP contribution in [0.15, 0.2) is 42.9 Å². The number of carbonyl (C=O) groups excluding carboxylic acids is 1. The Hall–Kier alpha value is -2.31. The van der Waals surface area contributed by atoms with Crippen LogP contribution in [0.2, 0.25) is 0 Å². The number of nitrogens with zero attached hydrogens (tertiary/aromatic N) is 3. The molecule has 6 nitrogen and oxygen atoms in total. The minimum atomic E-state index is -0.152. The predicted octanol–water partition coefficient (Wildman–Crippen LogP) is 1.77. The fourth-order valence-corrected chi connectivity index (χ4v) is 3.11. The summed E-state index contributed by atoms with van der Waals surface area (Å²) >= 11 is 0. The molecule has 126 valence electrons. The highest BCUT2D eigenvalue weighted by atomic mass is 16.2. The number of carbonyl (C=O) groups is 1. The summed E-state index contributed by atoms with van der Waals surface area (Å²) in [6.07, 6.45) is 3.21. The number of amides is 1. The molecule has 0 radical (unpaired) electrons. The number of nitrogens with one attached hydrogen (secondary N) is 2. The molecule has 24 heavy (non-hydrogen) atoms. The smallest absolute Gasteiger partial charge is 0.229 e. The van der Waals surface area contributed by atoms with Gasteiger partial charge in [0.1, 0.15) is 6.33 Å². The van der Waals surface area contributed by atoms with Crippen LogP contribution in [0.3, 0.4) is 0 Å². The van der Waals surface area contributed by atoms with Gasteiger partial charge in [-0.3, -0.25) is 10.2 Å². The summed E-state index contributed by atoms with van der Waals surface area (Å²) in [6, 6.07) is 9.99. The van der Waals surface area contributed by atoms with Gasteiger partial charge in [-0.1, -0.05) is 29.8 Å². The Kier molecular flexibility index (Phi) is 4.87. The van der Waals surface area contributed by atoms with E-state index in [0.717, 1.165) is 11.3 Å². The van der Waals surface area contributed by atoms with Crippen LogP contribution in [0.1, 0.15) is 35.8 Å². The van der Waals surface area contributed by atoms with Gasteiger partial charge in [0.15, 0.2) is 0 Å². The Balaban J connectivity index is 1.78. The van der Waals surface area contributed by atoms with Crippen LogP contribution < -0.4 is 10.9 Å². The van der Waals surface area contributed by atoms with Crippen molar-refractivity contribution in [2.75, 3.05) is 13.6 Å². The van der Waals surface area contributed by atoms with Gasteiger partial charge in [-0.2, -0.15) is 0 Å². The van der Waals surface area contributed by atoms with Crippen molar-refractivity contribution in [1.82, 2.24) is 25.7 Å². The van der Waals surface area contributed by atoms with Crippen LogP contribution in [-0.4, -0.2) is 34.4 Å². The van der Waals surface area contributed by atoms with E-state index >= 15 is 0 Å². The van der Waals surface area contributed by atoms with E-state index in [4.69, 9.17) is 0 Å². The lowest BCUT2D eigenvalue weighted by molar-refractivity contribution is -0.136. The fourth-order valence-electron chi connectivity index (χ4n) is 3.11. The molecule has 0 bridgehead atoms. The second-order valence-corrected chi connectivity index (χ2v) is 6.28. The van der Waals surface area contributed by atoms with E-state index in [1.54, 1.807) is 11.1 Å². The summed E-state index contributed by atoms with van der Waals surface area (Å²) in [5.41, 5.74) is 9.53. The molecule has 1 saturated heterocycles. The molecule has 0 aliphatic carbocycles. The molecular weight excluding hydrogens is 302 g/mol. The first-order valence-corrected chi connectivity index (χ1v) is 8.15. The molecule has 1 aromatic carbocycles. The first kappa shape index (κ1) is 16.5. The lowest BCUT2D eigenvalue weighted by Crippen LogP contribution is -2.38. The van der Waals surface area contributed by atoms with Gasteiger partial charge in [-0.05, 0) is 25.5 Å². The van der Waals surface area contributed by atoms with Gasteiger partial charge in [-0.15, -0.1) is 0 Å². The van der Waals surface area contributed by atoms with Crippen LogP contribution >= 0.6 is 0 Å². The molecule has 1 aromatic heterocycles. The number of benzene rings is 1. The predicted molar refractivity (Wildman–Crippen MR) is 91.8 cm³/mol. The molecule has 3 unspecified atom stereocenters. The summed E-state index contributed by atoms with van der Waals surface area (Å²) in [5.74, 6) is -0.0498. The quantitative estimate of drug-likeness (QED) is 0.896. The van der Waals surface area contributed by atoms with E-state index < -0.39 is 0 Å². The Bertz CT molecular complexity index is 706. The minimum Gasteiger partial charge on any atom is -0.337 e. The van der Waals surface area contributed by atoms with E-state index in [-0.39, 0.29) is 23.9 Å². The third-order valence-corrected chi connectivity index (χ3v) is 4.66. The fraction of sp³-hybridized carbons (Fsp3) is 0.389. The van der Waals surface area contributed by atoms with Crippen LogP contribution in [-0.2, 0) is 4.79 Å². The molecule has 0 saturated carbocycles. The van der Waals surface area contributed by atoms with E-state index in [2.05, 4.69) is 45.9 Å². The zero-order valence-corrected chi connectivity index (χ0v) is 14.2. The number of hydrazine groups is 1. The molecule has 1 aliphatic heterocycles. The SMILES string of the molecule is Cc1cccc(C2NNCC2C(=O)N(C)C(C)c2ccncn2)c1. The number of aromatic nitrogens is 2. The van der Waals surface area contributed by atoms with Gasteiger partial charge in [0.05, 0.1) is 23.7 Å². The lowest BCUT2D eigenvalue weighted by atomic mass is 9.92. The van der Waals surface area contributed by atoms with E-state index in [1.807, 2.05) is 26.1 Å². The molecule has 1 fully saturated rings. The molecule has 2 aromatic rings. The Morgan fingerprint density at radius 1 is 1.38 bits per heavy atom. The first-order valence-electron chi connectivity index (χ1n) is 8.15. The zero-order valence-electron chi connectivity index (χ0n) is 14.2. The van der Waals surface area contributed by atoms with Gasteiger partial charge >= 0.3 is 0 Å². The molecule has 3 rings (SSSR count). The van der Waals surface area contributed by atoms with E-state index in [9.17, 15) is 4.79 Å². The van der Waals surface area contributed by atoms with Crippen LogP contribution in [0.5, 0.6) is 0 Å². The summed E-state index contributed by atoms with van der Waals surface area (Å²) in [7, 11) is 1.83. The highest BCUT2D eigenvalue weighted by Crippen LogP contribution is 2.29. The minimum absolute atomic E-state index is 0.0301. The van der Waals surface area contributed by atoms with Gasteiger partial charge < -0.3 is 4.90 Å². The van der Waals surface area contributed by atoms with Crippen molar-refractivity contribution in [3.8, 4) is 0 Å². The molecule has 1 aliphatic rings. The maximum Gasteiger partial charge on any atom is 0.229 e. The number of rotatable bonds is 4. The largest absolute Gasteiger partial charge is 0.337 e. The Morgan fingerprint density at radius 2 is 2.21 bits per heavy atom. The molecule has 0 spiro atoms. The average Bonchev–Trinajstić information content (AvgIpc) is 3.10. The Labute approximate surface area is 142 Å². The topological polar surface area (TPSA) is 70.2 Å². The van der Waals surface area contributed by atoms with Crippen molar-refractivity contribution in [2.24, 2.45) is 5.92 Å². The Morgan fingerprint density at radius 3 is 2.92 bits per heavy atom. The van der Waals surface area contributed by atoms with Crippen LogP contribution in [0.25, 0.3) is 0 Å². The maximum absolute atomic E-state index is 13.0. The van der Waals surface area contributed by atoms with Crippen molar-refractivity contribution in [1.29, 1.82) is 0 Å². The summed E-state index contributed by atoms with van der Waals surface area (Å²) in [4.78, 5) is 23.0. The first-order chi connectivity index (χ1) is 11.6. The van der Waals surface area contributed by atoms with Gasteiger partial charge in [-0.25, -0.2) is 15.4 Å². The van der Waals surface area contributed by atoms with Crippen molar-refractivity contribution >= 4 is 5.91 Å². The highest BCUT2D eigenvalue weighted by Gasteiger charge is 2.37.